The van der Waals surface area contributed by atoms with Gasteiger partial charge in [-0.25, -0.2) is 8.42 Å². The summed E-state index contributed by atoms with van der Waals surface area (Å²) in [6, 6.07) is 21.9. The van der Waals surface area contributed by atoms with E-state index in [-0.39, 0.29) is 37.7 Å². The Morgan fingerprint density at radius 2 is 1.57 bits per heavy atom. The molecule has 9 heteroatoms. The molecule has 0 aliphatic carbocycles. The minimum absolute atomic E-state index is 0.0610. The Morgan fingerprint density at radius 3 is 2.19 bits per heavy atom. The number of hydrogen-bond donors (Lipinski definition) is 1. The van der Waals surface area contributed by atoms with Crippen molar-refractivity contribution >= 4 is 39.1 Å². The van der Waals surface area contributed by atoms with Gasteiger partial charge in [0.05, 0.1) is 11.9 Å². The molecule has 0 heterocycles. The van der Waals surface area contributed by atoms with Gasteiger partial charge in [0.25, 0.3) is 0 Å². The summed E-state index contributed by atoms with van der Waals surface area (Å²) in [6.45, 7) is 9.84. The maximum atomic E-state index is 14.0. The molecule has 0 unspecified atom stereocenters. The van der Waals surface area contributed by atoms with Gasteiger partial charge in [0.2, 0.25) is 21.8 Å². The first-order valence-corrected chi connectivity index (χ1v) is 16.3. The fourth-order valence-corrected chi connectivity index (χ4v) is 6.05. The quantitative estimate of drug-likeness (QED) is 0.270. The number of carbonyl (C=O) groups is 2. The summed E-state index contributed by atoms with van der Waals surface area (Å²) in [5.74, 6) is -0.461. The Balaban J connectivity index is 1.92. The number of benzene rings is 3. The predicted octanol–water partition coefficient (Wildman–Crippen LogP) is 6.06. The van der Waals surface area contributed by atoms with Crippen LogP contribution < -0.4 is 9.62 Å². The molecule has 0 radical (unpaired) electrons. The highest BCUT2D eigenvalue weighted by Gasteiger charge is 2.32. The normalized spacial score (nSPS) is 12.5. The van der Waals surface area contributed by atoms with Gasteiger partial charge in [-0.15, -0.1) is 0 Å². The van der Waals surface area contributed by atoms with E-state index in [1.54, 1.807) is 30.0 Å². The Kier molecular flexibility index (Phi) is 11.2. The lowest BCUT2D eigenvalue weighted by atomic mass is 10.00. The van der Waals surface area contributed by atoms with E-state index < -0.39 is 21.6 Å². The largest absolute Gasteiger partial charge is 0.350 e. The van der Waals surface area contributed by atoms with Gasteiger partial charge in [0.15, 0.2) is 0 Å². The number of anilines is 1. The van der Waals surface area contributed by atoms with E-state index in [0.29, 0.717) is 22.7 Å². The molecule has 3 aromatic carbocycles. The molecular formula is C33H42ClN3O4S. The first kappa shape index (κ1) is 33.1. The molecule has 3 aromatic rings. The number of nitrogens with zero attached hydrogens (tertiary/aromatic N) is 2. The average Bonchev–Trinajstić information content (AvgIpc) is 2.89. The number of carbonyl (C=O) groups excluding carboxylic acids is 2. The molecule has 226 valence electrons. The van der Waals surface area contributed by atoms with Crippen LogP contribution in [0.2, 0.25) is 5.02 Å². The molecule has 1 N–H and O–H groups in total. The minimum Gasteiger partial charge on any atom is -0.350 e. The number of amides is 2. The van der Waals surface area contributed by atoms with Crippen LogP contribution in [-0.2, 0) is 32.6 Å². The van der Waals surface area contributed by atoms with Crippen molar-refractivity contribution in [3.05, 3.63) is 100 Å². The number of nitrogens with one attached hydrogen (secondary N) is 1. The third-order valence-corrected chi connectivity index (χ3v) is 8.45. The van der Waals surface area contributed by atoms with Crippen LogP contribution in [-0.4, -0.2) is 49.5 Å². The zero-order valence-corrected chi connectivity index (χ0v) is 26.9. The van der Waals surface area contributed by atoms with Gasteiger partial charge in [-0.05, 0) is 69.9 Å². The Bertz CT molecular complexity index is 1490. The third-order valence-electron chi connectivity index (χ3n) is 6.86. The van der Waals surface area contributed by atoms with E-state index in [4.69, 9.17) is 11.6 Å². The maximum Gasteiger partial charge on any atom is 0.243 e. The first-order valence-electron chi connectivity index (χ1n) is 14.1. The zero-order valence-electron chi connectivity index (χ0n) is 25.4. The van der Waals surface area contributed by atoms with Crippen molar-refractivity contribution in [2.75, 3.05) is 17.1 Å². The molecule has 0 saturated heterocycles. The van der Waals surface area contributed by atoms with Gasteiger partial charge in [-0.2, -0.15) is 0 Å². The lowest BCUT2D eigenvalue weighted by molar-refractivity contribution is -0.142. The highest BCUT2D eigenvalue weighted by Crippen LogP contribution is 2.28. The molecular weight excluding hydrogens is 570 g/mol. The number of hydrogen-bond acceptors (Lipinski definition) is 4. The van der Waals surface area contributed by atoms with E-state index in [9.17, 15) is 18.0 Å². The van der Waals surface area contributed by atoms with Crippen LogP contribution in [0.3, 0.4) is 0 Å². The molecule has 0 fully saturated rings. The molecule has 0 spiro atoms. The zero-order chi connectivity index (χ0) is 31.1. The predicted molar refractivity (Wildman–Crippen MR) is 171 cm³/mol. The molecule has 1 atom stereocenters. The van der Waals surface area contributed by atoms with Crippen LogP contribution in [0.5, 0.6) is 0 Å². The minimum atomic E-state index is -3.63. The highest BCUT2D eigenvalue weighted by atomic mass is 35.5. The maximum absolute atomic E-state index is 14.0. The summed E-state index contributed by atoms with van der Waals surface area (Å²) in [6.07, 6.45) is 1.82. The molecule has 0 saturated carbocycles. The lowest BCUT2D eigenvalue weighted by Crippen LogP contribution is -2.54. The van der Waals surface area contributed by atoms with Crippen molar-refractivity contribution in [3.63, 3.8) is 0 Å². The second-order valence-electron chi connectivity index (χ2n) is 11.8. The monoisotopic (exact) mass is 611 g/mol. The molecule has 3 rings (SSSR count). The molecule has 0 aliphatic rings. The topological polar surface area (TPSA) is 86.8 Å². The fraction of sp³-hybridized carbons (Fsp3) is 0.394. The van der Waals surface area contributed by atoms with Crippen molar-refractivity contribution in [1.82, 2.24) is 10.2 Å². The van der Waals surface area contributed by atoms with Gasteiger partial charge < -0.3 is 10.2 Å². The summed E-state index contributed by atoms with van der Waals surface area (Å²) < 4.78 is 26.8. The number of sulfonamides is 1. The van der Waals surface area contributed by atoms with E-state index in [0.717, 1.165) is 22.9 Å². The third kappa shape index (κ3) is 9.60. The second-order valence-corrected chi connectivity index (χ2v) is 14.1. The van der Waals surface area contributed by atoms with E-state index in [1.165, 1.54) is 4.31 Å². The summed E-state index contributed by atoms with van der Waals surface area (Å²) >= 11 is 6.28. The average molecular weight is 612 g/mol. The van der Waals surface area contributed by atoms with Crippen molar-refractivity contribution in [2.24, 2.45) is 0 Å². The van der Waals surface area contributed by atoms with Gasteiger partial charge in [0, 0.05) is 36.5 Å². The van der Waals surface area contributed by atoms with Crippen molar-refractivity contribution in [3.8, 4) is 0 Å². The summed E-state index contributed by atoms with van der Waals surface area (Å²) in [4.78, 5) is 29.3. The van der Waals surface area contributed by atoms with E-state index in [1.807, 2.05) is 82.3 Å². The Morgan fingerprint density at radius 1 is 0.929 bits per heavy atom. The van der Waals surface area contributed by atoms with Gasteiger partial charge in [-0.1, -0.05) is 77.8 Å². The van der Waals surface area contributed by atoms with E-state index in [2.05, 4.69) is 5.32 Å². The first-order chi connectivity index (χ1) is 19.7. The molecule has 0 aliphatic heterocycles. The standard InChI is InChI=1S/C33H42ClN3O4S/c1-24-13-10-16-27(21-24)23-36(30(32(39)35-33(3,4)5)22-26-14-8-7-9-15-26)31(38)19-12-20-37(42(6,40)41)29-18-11-17-28(34)25(29)2/h7-11,13-18,21,30H,12,19-20,22-23H2,1-6H3,(H,35,39)/t30-/m0/s1. The number of aryl methyl sites for hydroxylation is 1. The van der Waals surface area contributed by atoms with Gasteiger partial charge in [-0.3, -0.25) is 13.9 Å². The summed E-state index contributed by atoms with van der Waals surface area (Å²) in [5, 5.41) is 3.53. The molecule has 0 bridgehead atoms. The van der Waals surface area contributed by atoms with Crippen molar-refractivity contribution in [2.45, 2.75) is 72.0 Å². The Hall–Kier alpha value is -3.36. The van der Waals surface area contributed by atoms with Gasteiger partial charge >= 0.3 is 0 Å². The SMILES string of the molecule is Cc1cccc(CN(C(=O)CCCN(c2cccc(Cl)c2C)S(C)(=O)=O)[C@@H](Cc2ccccc2)C(=O)NC(C)(C)C)c1. The fourth-order valence-electron chi connectivity index (χ4n) is 4.86. The van der Waals surface area contributed by atoms with Gasteiger partial charge in [0.1, 0.15) is 6.04 Å². The molecule has 0 aromatic heterocycles. The van der Waals surface area contributed by atoms with Crippen LogP contribution >= 0.6 is 11.6 Å². The van der Waals surface area contributed by atoms with Crippen LogP contribution in [0.15, 0.2) is 72.8 Å². The summed E-state index contributed by atoms with van der Waals surface area (Å²) in [7, 11) is -3.63. The van der Waals surface area contributed by atoms with Crippen LogP contribution in [0.1, 0.15) is 55.9 Å². The van der Waals surface area contributed by atoms with Crippen LogP contribution in [0, 0.1) is 13.8 Å². The van der Waals surface area contributed by atoms with E-state index >= 15 is 0 Å². The molecule has 7 nitrogen and oxygen atoms in total. The van der Waals surface area contributed by atoms with Crippen LogP contribution in [0.4, 0.5) is 5.69 Å². The van der Waals surface area contributed by atoms with Crippen molar-refractivity contribution in [1.29, 1.82) is 0 Å². The molecule has 42 heavy (non-hydrogen) atoms. The number of rotatable bonds is 12. The highest BCUT2D eigenvalue weighted by molar-refractivity contribution is 7.92. The second kappa shape index (κ2) is 14.2. The number of halogens is 1. The summed E-state index contributed by atoms with van der Waals surface area (Å²) in [5.41, 5.74) is 3.55. The smallest absolute Gasteiger partial charge is 0.243 e. The van der Waals surface area contributed by atoms with Crippen molar-refractivity contribution < 1.29 is 18.0 Å². The lowest BCUT2D eigenvalue weighted by Gasteiger charge is -2.34. The van der Waals surface area contributed by atoms with Crippen LogP contribution in [0.25, 0.3) is 0 Å². The molecule has 2 amide bonds. The Labute approximate surface area is 255 Å².